The van der Waals surface area contributed by atoms with E-state index in [1.54, 1.807) is 34.1 Å². The molecule has 2 aromatic rings. The summed E-state index contributed by atoms with van der Waals surface area (Å²) >= 11 is 0. The fourth-order valence-electron chi connectivity index (χ4n) is 3.53. The van der Waals surface area contributed by atoms with Crippen molar-refractivity contribution < 1.29 is 14.4 Å². The molecule has 0 spiro atoms. The molecule has 0 radical (unpaired) electrons. The molecular weight excluding hydrogens is 366 g/mol. The Morgan fingerprint density at radius 1 is 1.07 bits per heavy atom. The second-order valence-corrected chi connectivity index (χ2v) is 7.10. The molecule has 0 unspecified atom stereocenters. The molecule has 152 valence electrons. The van der Waals surface area contributed by atoms with E-state index in [0.717, 1.165) is 24.2 Å². The van der Waals surface area contributed by atoms with Gasteiger partial charge in [0.05, 0.1) is 6.42 Å². The first-order chi connectivity index (χ1) is 14.0. The summed E-state index contributed by atoms with van der Waals surface area (Å²) in [6, 6.07) is 14.5. The third-order valence-electron chi connectivity index (χ3n) is 5.13. The van der Waals surface area contributed by atoms with E-state index < -0.39 is 0 Å². The quantitative estimate of drug-likeness (QED) is 0.783. The van der Waals surface area contributed by atoms with Crippen LogP contribution in [0.2, 0.25) is 0 Å². The summed E-state index contributed by atoms with van der Waals surface area (Å²) in [5, 5.41) is 2.86. The Kier molecular flexibility index (Phi) is 6.65. The predicted molar refractivity (Wildman–Crippen MR) is 114 cm³/mol. The fraction of sp³-hybridized carbons (Fsp3) is 0.348. The van der Waals surface area contributed by atoms with Gasteiger partial charge in [-0.3, -0.25) is 14.4 Å². The zero-order chi connectivity index (χ0) is 20.8. The van der Waals surface area contributed by atoms with Crippen LogP contribution in [0.4, 0.5) is 11.4 Å². The minimum Gasteiger partial charge on any atom is -0.339 e. The highest BCUT2D eigenvalue weighted by molar-refractivity contribution is 5.98. The van der Waals surface area contributed by atoms with Gasteiger partial charge in [-0.1, -0.05) is 18.2 Å². The lowest BCUT2D eigenvalue weighted by molar-refractivity contribution is -0.117. The molecule has 3 amide bonds. The summed E-state index contributed by atoms with van der Waals surface area (Å²) < 4.78 is 0. The van der Waals surface area contributed by atoms with E-state index in [2.05, 4.69) is 5.32 Å². The van der Waals surface area contributed by atoms with Crippen LogP contribution >= 0.6 is 0 Å². The molecule has 2 aromatic carbocycles. The molecule has 1 aliphatic heterocycles. The molecule has 0 bridgehead atoms. The van der Waals surface area contributed by atoms with Gasteiger partial charge in [-0.2, -0.15) is 0 Å². The lowest BCUT2D eigenvalue weighted by atomic mass is 10.1. The highest BCUT2D eigenvalue weighted by Gasteiger charge is 2.21. The van der Waals surface area contributed by atoms with Gasteiger partial charge in [-0.05, 0) is 56.2 Å². The van der Waals surface area contributed by atoms with Crippen molar-refractivity contribution in [3.05, 3.63) is 59.7 Å². The van der Waals surface area contributed by atoms with Gasteiger partial charge >= 0.3 is 0 Å². The maximum atomic E-state index is 12.5. The van der Waals surface area contributed by atoms with Crippen LogP contribution in [0.25, 0.3) is 0 Å². The van der Waals surface area contributed by atoms with Crippen molar-refractivity contribution in [2.45, 2.75) is 33.1 Å². The zero-order valence-corrected chi connectivity index (χ0v) is 17.0. The van der Waals surface area contributed by atoms with Crippen molar-refractivity contribution in [2.24, 2.45) is 0 Å². The summed E-state index contributed by atoms with van der Waals surface area (Å²) in [6.07, 6.45) is 1.71. The molecule has 1 heterocycles. The highest BCUT2D eigenvalue weighted by Crippen LogP contribution is 2.22. The predicted octanol–water partition coefficient (Wildman–Crippen LogP) is 3.48. The van der Waals surface area contributed by atoms with Gasteiger partial charge in [0.1, 0.15) is 0 Å². The van der Waals surface area contributed by atoms with Gasteiger partial charge in [-0.25, -0.2) is 0 Å². The van der Waals surface area contributed by atoms with Crippen molar-refractivity contribution in [3.8, 4) is 0 Å². The SMILES string of the molecule is CCN(CC)C(=O)c1cccc(NC(=O)Cc2ccc(N3CCCC3=O)cc2)c1. The molecule has 1 N–H and O–H groups in total. The Labute approximate surface area is 171 Å². The Hall–Kier alpha value is -3.15. The molecule has 1 fully saturated rings. The normalized spacial score (nSPS) is 13.4. The van der Waals surface area contributed by atoms with Crippen LogP contribution in [-0.4, -0.2) is 42.3 Å². The van der Waals surface area contributed by atoms with Crippen LogP contribution in [0.1, 0.15) is 42.6 Å². The highest BCUT2D eigenvalue weighted by atomic mass is 16.2. The molecule has 1 saturated heterocycles. The molecule has 6 heteroatoms. The van der Waals surface area contributed by atoms with Gasteiger partial charge < -0.3 is 15.1 Å². The standard InChI is InChI=1S/C23H27N3O3/c1-3-25(4-2)23(29)18-7-5-8-19(16-18)24-21(27)15-17-10-12-20(13-11-17)26-14-6-9-22(26)28/h5,7-8,10-13,16H,3-4,6,9,14-15H2,1-2H3,(H,24,27). The van der Waals surface area contributed by atoms with E-state index in [-0.39, 0.29) is 24.1 Å². The second-order valence-electron chi connectivity index (χ2n) is 7.10. The Morgan fingerprint density at radius 3 is 2.41 bits per heavy atom. The Bertz CT molecular complexity index is 888. The number of nitrogens with one attached hydrogen (secondary N) is 1. The minimum absolute atomic E-state index is 0.0434. The number of benzene rings is 2. The van der Waals surface area contributed by atoms with Crippen LogP contribution < -0.4 is 10.2 Å². The van der Waals surface area contributed by atoms with Crippen molar-refractivity contribution in [2.75, 3.05) is 29.9 Å². The van der Waals surface area contributed by atoms with Crippen molar-refractivity contribution in [3.63, 3.8) is 0 Å². The number of carbonyl (C=O) groups is 3. The smallest absolute Gasteiger partial charge is 0.253 e. The first kappa shape index (κ1) is 20.6. The van der Waals surface area contributed by atoms with E-state index in [0.29, 0.717) is 30.8 Å². The number of hydrogen-bond donors (Lipinski definition) is 1. The summed E-state index contributed by atoms with van der Waals surface area (Å²) in [4.78, 5) is 40.3. The van der Waals surface area contributed by atoms with Crippen LogP contribution in [0.5, 0.6) is 0 Å². The van der Waals surface area contributed by atoms with Gasteiger partial charge in [0.15, 0.2) is 0 Å². The largest absolute Gasteiger partial charge is 0.339 e. The molecule has 6 nitrogen and oxygen atoms in total. The number of hydrogen-bond acceptors (Lipinski definition) is 3. The number of nitrogens with zero attached hydrogens (tertiary/aromatic N) is 2. The molecule has 29 heavy (non-hydrogen) atoms. The number of rotatable bonds is 7. The number of anilines is 2. The topological polar surface area (TPSA) is 69.7 Å². The molecule has 0 atom stereocenters. The third kappa shape index (κ3) is 5.02. The Balaban J connectivity index is 1.61. The molecule has 1 aliphatic rings. The van der Waals surface area contributed by atoms with Crippen LogP contribution in [0, 0.1) is 0 Å². The second kappa shape index (κ2) is 9.37. The molecule has 0 aliphatic carbocycles. The van der Waals surface area contributed by atoms with Crippen molar-refractivity contribution >= 4 is 29.1 Å². The Morgan fingerprint density at radius 2 is 1.79 bits per heavy atom. The van der Waals surface area contributed by atoms with Gasteiger partial charge in [-0.15, -0.1) is 0 Å². The van der Waals surface area contributed by atoms with Crippen LogP contribution in [0.3, 0.4) is 0 Å². The first-order valence-corrected chi connectivity index (χ1v) is 10.1. The molecule has 0 saturated carbocycles. The molecular formula is C23H27N3O3. The summed E-state index contributed by atoms with van der Waals surface area (Å²) in [5.41, 5.74) is 2.91. The average Bonchev–Trinajstić information content (AvgIpc) is 3.15. The van der Waals surface area contributed by atoms with E-state index in [4.69, 9.17) is 0 Å². The maximum absolute atomic E-state index is 12.5. The lowest BCUT2D eigenvalue weighted by Crippen LogP contribution is -2.30. The van der Waals surface area contributed by atoms with Crippen LogP contribution in [0.15, 0.2) is 48.5 Å². The first-order valence-electron chi connectivity index (χ1n) is 10.1. The summed E-state index contributed by atoms with van der Waals surface area (Å²) in [5.74, 6) is -0.0461. The lowest BCUT2D eigenvalue weighted by Gasteiger charge is -2.19. The summed E-state index contributed by atoms with van der Waals surface area (Å²) in [7, 11) is 0. The fourth-order valence-corrected chi connectivity index (χ4v) is 3.53. The average molecular weight is 393 g/mol. The van der Waals surface area contributed by atoms with Crippen LogP contribution in [-0.2, 0) is 16.0 Å². The number of amides is 3. The number of carbonyl (C=O) groups excluding carboxylic acids is 3. The minimum atomic E-state index is -0.151. The summed E-state index contributed by atoms with van der Waals surface area (Å²) in [6.45, 7) is 5.92. The van der Waals surface area contributed by atoms with Gasteiger partial charge in [0.2, 0.25) is 11.8 Å². The third-order valence-corrected chi connectivity index (χ3v) is 5.13. The van der Waals surface area contributed by atoms with Crippen molar-refractivity contribution in [1.29, 1.82) is 0 Å². The monoisotopic (exact) mass is 393 g/mol. The van der Waals surface area contributed by atoms with Gasteiger partial charge in [0.25, 0.3) is 5.91 Å². The molecule has 0 aromatic heterocycles. The van der Waals surface area contributed by atoms with E-state index >= 15 is 0 Å². The zero-order valence-electron chi connectivity index (χ0n) is 17.0. The maximum Gasteiger partial charge on any atom is 0.253 e. The van der Waals surface area contributed by atoms with Gasteiger partial charge in [0, 0.05) is 43.0 Å². The molecule has 3 rings (SSSR count). The van der Waals surface area contributed by atoms with E-state index in [9.17, 15) is 14.4 Å². The van der Waals surface area contributed by atoms with E-state index in [1.807, 2.05) is 38.1 Å². The van der Waals surface area contributed by atoms with Crippen molar-refractivity contribution in [1.82, 2.24) is 4.90 Å². The van der Waals surface area contributed by atoms with E-state index in [1.165, 1.54) is 0 Å².